The molecule has 0 spiro atoms. The Balaban J connectivity index is 1.23. The van der Waals surface area contributed by atoms with Crippen LogP contribution in [0.15, 0.2) is 54.9 Å². The van der Waals surface area contributed by atoms with Gasteiger partial charge in [0.15, 0.2) is 5.82 Å². The Morgan fingerprint density at radius 3 is 2.59 bits per heavy atom. The van der Waals surface area contributed by atoms with Crippen molar-refractivity contribution in [3.63, 3.8) is 0 Å². The van der Waals surface area contributed by atoms with Crippen LogP contribution in [0.25, 0.3) is 5.69 Å². The van der Waals surface area contributed by atoms with Gasteiger partial charge >= 0.3 is 6.03 Å². The number of amides is 2. The Hall–Kier alpha value is -3.62. The first kappa shape index (κ1) is 21.6. The summed E-state index contributed by atoms with van der Waals surface area (Å²) < 4.78 is 33.5. The van der Waals surface area contributed by atoms with Gasteiger partial charge in [0, 0.05) is 49.2 Å². The normalized spacial score (nSPS) is 14.3. The number of hydrogen-bond acceptors (Lipinski definition) is 4. The second-order valence-electron chi connectivity index (χ2n) is 7.68. The van der Waals surface area contributed by atoms with Gasteiger partial charge in [0.1, 0.15) is 17.3 Å². The van der Waals surface area contributed by atoms with Gasteiger partial charge in [-0.05, 0) is 49.2 Å². The average Bonchev–Trinajstić information content (AvgIpc) is 3.27. The number of urea groups is 1. The van der Waals surface area contributed by atoms with E-state index in [1.165, 1.54) is 23.0 Å². The number of piperidine rings is 1. The summed E-state index contributed by atoms with van der Waals surface area (Å²) in [6, 6.07) is 11.1. The van der Waals surface area contributed by atoms with E-state index in [0.29, 0.717) is 5.56 Å². The molecule has 1 fully saturated rings. The minimum Gasteiger partial charge on any atom is -0.497 e. The van der Waals surface area contributed by atoms with E-state index in [9.17, 15) is 13.6 Å². The summed E-state index contributed by atoms with van der Waals surface area (Å²) in [5.41, 5.74) is 1.99. The highest BCUT2D eigenvalue weighted by atomic mass is 19.1. The molecule has 7 nitrogen and oxygen atoms in total. The van der Waals surface area contributed by atoms with Gasteiger partial charge in [-0.2, -0.15) is 5.10 Å². The number of nitrogens with one attached hydrogen (secondary N) is 2. The van der Waals surface area contributed by atoms with Crippen LogP contribution >= 0.6 is 0 Å². The molecule has 0 saturated carbocycles. The van der Waals surface area contributed by atoms with Crippen LogP contribution in [0.5, 0.6) is 5.75 Å². The zero-order valence-electron chi connectivity index (χ0n) is 17.7. The number of aromatic nitrogens is 2. The third-order valence-corrected chi connectivity index (χ3v) is 5.51. The lowest BCUT2D eigenvalue weighted by Crippen LogP contribution is -2.47. The highest BCUT2D eigenvalue weighted by Gasteiger charge is 2.21. The molecule has 1 aliphatic heterocycles. The van der Waals surface area contributed by atoms with E-state index in [-0.39, 0.29) is 24.3 Å². The smallest absolute Gasteiger partial charge is 0.315 e. The largest absolute Gasteiger partial charge is 0.497 e. The van der Waals surface area contributed by atoms with Crippen molar-refractivity contribution in [3.8, 4) is 11.4 Å². The van der Waals surface area contributed by atoms with Crippen molar-refractivity contribution in [2.45, 2.75) is 25.4 Å². The number of benzene rings is 2. The number of rotatable bonds is 6. The summed E-state index contributed by atoms with van der Waals surface area (Å²) in [6.45, 7) is 1.96. The zero-order valence-corrected chi connectivity index (χ0v) is 17.7. The molecular weight excluding hydrogens is 416 g/mol. The highest BCUT2D eigenvalue weighted by Crippen LogP contribution is 2.23. The molecule has 0 unspecified atom stereocenters. The van der Waals surface area contributed by atoms with Gasteiger partial charge in [-0.3, -0.25) is 0 Å². The van der Waals surface area contributed by atoms with Gasteiger partial charge in [-0.25, -0.2) is 18.3 Å². The monoisotopic (exact) mass is 441 g/mol. The molecular formula is C23H25F2N5O2. The Morgan fingerprint density at radius 2 is 1.91 bits per heavy atom. The van der Waals surface area contributed by atoms with Crippen molar-refractivity contribution >= 4 is 11.7 Å². The van der Waals surface area contributed by atoms with Gasteiger partial charge < -0.3 is 20.3 Å². The molecule has 2 heterocycles. The number of carbonyl (C=O) groups excluding carboxylic acids is 1. The van der Waals surface area contributed by atoms with E-state index in [2.05, 4.69) is 20.6 Å². The van der Waals surface area contributed by atoms with Gasteiger partial charge in [0.25, 0.3) is 0 Å². The highest BCUT2D eigenvalue weighted by molar-refractivity contribution is 5.74. The maximum absolute atomic E-state index is 13.9. The SMILES string of the molecule is COc1ccc(N2CCC(NC(=O)NCc3cnn(-c4ccc(F)cc4F)c3)CC2)cc1. The van der Waals surface area contributed by atoms with Gasteiger partial charge in [0.05, 0.1) is 13.3 Å². The molecule has 168 valence electrons. The summed E-state index contributed by atoms with van der Waals surface area (Å²) in [4.78, 5) is 14.6. The lowest BCUT2D eigenvalue weighted by Gasteiger charge is -2.34. The van der Waals surface area contributed by atoms with Crippen LogP contribution in [0.1, 0.15) is 18.4 Å². The molecule has 4 rings (SSSR count). The molecule has 1 aliphatic rings. The van der Waals surface area contributed by atoms with Crippen molar-refractivity contribution in [1.29, 1.82) is 0 Å². The van der Waals surface area contributed by atoms with Crippen molar-refractivity contribution in [2.24, 2.45) is 0 Å². The number of nitrogens with zero attached hydrogens (tertiary/aromatic N) is 3. The lowest BCUT2D eigenvalue weighted by atomic mass is 10.0. The summed E-state index contributed by atoms with van der Waals surface area (Å²) >= 11 is 0. The molecule has 2 N–H and O–H groups in total. The van der Waals surface area contributed by atoms with Crippen LogP contribution in [-0.4, -0.2) is 42.1 Å². The Bertz CT molecular complexity index is 1060. The van der Waals surface area contributed by atoms with Gasteiger partial charge in [0.2, 0.25) is 0 Å². The van der Waals surface area contributed by atoms with Crippen LogP contribution in [0.2, 0.25) is 0 Å². The first-order chi connectivity index (χ1) is 15.5. The number of ether oxygens (including phenoxy) is 1. The first-order valence-corrected chi connectivity index (χ1v) is 10.4. The molecule has 0 aliphatic carbocycles. The van der Waals surface area contributed by atoms with Crippen molar-refractivity contribution < 1.29 is 18.3 Å². The fourth-order valence-corrected chi connectivity index (χ4v) is 3.74. The maximum Gasteiger partial charge on any atom is 0.315 e. The topological polar surface area (TPSA) is 71.4 Å². The van der Waals surface area contributed by atoms with Crippen molar-refractivity contribution in [1.82, 2.24) is 20.4 Å². The van der Waals surface area contributed by atoms with E-state index in [1.54, 1.807) is 13.3 Å². The van der Waals surface area contributed by atoms with E-state index in [4.69, 9.17) is 4.74 Å². The summed E-state index contributed by atoms with van der Waals surface area (Å²) in [5.74, 6) is -0.520. The minimum atomic E-state index is -0.702. The van der Waals surface area contributed by atoms with E-state index in [1.807, 2.05) is 24.3 Å². The second-order valence-corrected chi connectivity index (χ2v) is 7.68. The Kier molecular flexibility index (Phi) is 6.53. The molecule has 2 amide bonds. The summed E-state index contributed by atoms with van der Waals surface area (Å²) in [7, 11) is 1.65. The summed E-state index contributed by atoms with van der Waals surface area (Å²) in [5, 5.41) is 9.90. The third kappa shape index (κ3) is 5.16. The molecule has 1 aromatic heterocycles. The van der Waals surface area contributed by atoms with Crippen molar-refractivity contribution in [3.05, 3.63) is 72.1 Å². The average molecular weight is 441 g/mol. The van der Waals surface area contributed by atoms with E-state index in [0.717, 1.165) is 43.4 Å². The predicted molar refractivity (Wildman–Crippen MR) is 117 cm³/mol. The Labute approximate surface area is 185 Å². The number of anilines is 1. The molecule has 32 heavy (non-hydrogen) atoms. The van der Waals surface area contributed by atoms with E-state index < -0.39 is 11.6 Å². The number of methoxy groups -OCH3 is 1. The number of halogens is 2. The molecule has 2 aromatic carbocycles. The third-order valence-electron chi connectivity index (χ3n) is 5.51. The molecule has 0 bridgehead atoms. The molecule has 0 radical (unpaired) electrons. The first-order valence-electron chi connectivity index (χ1n) is 10.4. The van der Waals surface area contributed by atoms with E-state index >= 15 is 0 Å². The maximum atomic E-state index is 13.9. The molecule has 0 atom stereocenters. The molecule has 9 heteroatoms. The number of hydrogen-bond donors (Lipinski definition) is 2. The zero-order chi connectivity index (χ0) is 22.5. The second kappa shape index (κ2) is 9.67. The van der Waals surface area contributed by atoms with Crippen LogP contribution < -0.4 is 20.3 Å². The molecule has 1 saturated heterocycles. The standard InChI is InChI=1S/C23H25F2N5O2/c1-32-20-5-3-19(4-6-20)29-10-8-18(9-11-29)28-23(31)26-13-16-14-27-30(15-16)22-7-2-17(24)12-21(22)25/h2-7,12,14-15,18H,8-11,13H2,1H3,(H2,26,28,31). The fraction of sp³-hybridized carbons (Fsp3) is 0.304. The van der Waals surface area contributed by atoms with Crippen LogP contribution in [0, 0.1) is 11.6 Å². The van der Waals surface area contributed by atoms with Crippen LogP contribution in [0.3, 0.4) is 0 Å². The van der Waals surface area contributed by atoms with Crippen LogP contribution in [0.4, 0.5) is 19.3 Å². The Morgan fingerprint density at radius 1 is 1.16 bits per heavy atom. The lowest BCUT2D eigenvalue weighted by molar-refractivity contribution is 0.234. The quantitative estimate of drug-likeness (QED) is 0.613. The predicted octanol–water partition coefficient (Wildman–Crippen LogP) is 3.63. The minimum absolute atomic E-state index is 0.0977. The van der Waals surface area contributed by atoms with Crippen LogP contribution in [-0.2, 0) is 6.54 Å². The molecule has 3 aromatic rings. The van der Waals surface area contributed by atoms with Crippen molar-refractivity contribution in [2.75, 3.05) is 25.1 Å². The number of carbonyl (C=O) groups is 1. The summed E-state index contributed by atoms with van der Waals surface area (Å²) in [6.07, 6.45) is 4.84. The van der Waals surface area contributed by atoms with Gasteiger partial charge in [-0.1, -0.05) is 0 Å². The van der Waals surface area contributed by atoms with Gasteiger partial charge in [-0.15, -0.1) is 0 Å². The fourth-order valence-electron chi connectivity index (χ4n) is 3.74.